The molecule has 2 aliphatic rings. The van der Waals surface area contributed by atoms with Crippen LogP contribution in [0.1, 0.15) is 49.9 Å². The van der Waals surface area contributed by atoms with E-state index in [0.717, 1.165) is 38.8 Å². The van der Waals surface area contributed by atoms with Crippen molar-refractivity contribution >= 4 is 21.6 Å². The van der Waals surface area contributed by atoms with Crippen molar-refractivity contribution in [3.8, 4) is 0 Å². The number of carbonyl (C=O) groups is 1. The molecule has 0 aromatic heterocycles. The largest absolute Gasteiger partial charge is 0.338 e. The highest BCUT2D eigenvalue weighted by Crippen LogP contribution is 2.30. The van der Waals surface area contributed by atoms with Crippen molar-refractivity contribution in [2.24, 2.45) is 5.41 Å². The zero-order valence-electron chi connectivity index (χ0n) is 14.5. The van der Waals surface area contributed by atoms with Crippen LogP contribution in [0.25, 0.3) is 0 Å². The number of sulfonamides is 1. The molecular formula is C18H26N2O3S. The molecule has 0 bridgehead atoms. The average Bonchev–Trinajstić information content (AvgIpc) is 2.53. The zero-order valence-corrected chi connectivity index (χ0v) is 15.3. The molecule has 24 heavy (non-hydrogen) atoms. The second-order valence-electron chi connectivity index (χ2n) is 7.64. The van der Waals surface area contributed by atoms with Gasteiger partial charge < -0.3 is 4.90 Å². The third-order valence-electron chi connectivity index (χ3n) is 4.94. The quantitative estimate of drug-likeness (QED) is 0.824. The second kappa shape index (κ2) is 6.39. The molecule has 0 aliphatic carbocycles. The molecule has 2 fully saturated rings. The van der Waals surface area contributed by atoms with Crippen LogP contribution in [0, 0.1) is 5.41 Å². The monoisotopic (exact) mass is 350 g/mol. The van der Waals surface area contributed by atoms with Crippen LogP contribution in [0.3, 0.4) is 0 Å². The molecule has 1 amide bonds. The summed E-state index contributed by atoms with van der Waals surface area (Å²) in [6.45, 7) is 6.47. The number of hydrogen-bond acceptors (Lipinski definition) is 3. The lowest BCUT2D eigenvalue weighted by molar-refractivity contribution is 0.0583. The first-order valence-corrected chi connectivity index (χ1v) is 10.3. The number of benzene rings is 1. The van der Waals surface area contributed by atoms with Crippen LogP contribution >= 0.6 is 0 Å². The fourth-order valence-corrected chi connectivity index (χ4v) is 5.27. The highest BCUT2D eigenvalue weighted by Gasteiger charge is 2.30. The van der Waals surface area contributed by atoms with Crippen LogP contribution in [0.4, 0.5) is 5.69 Å². The summed E-state index contributed by atoms with van der Waals surface area (Å²) in [5, 5.41) is 0. The third kappa shape index (κ3) is 3.58. The molecule has 132 valence electrons. The molecule has 2 aliphatic heterocycles. The van der Waals surface area contributed by atoms with Gasteiger partial charge in [-0.3, -0.25) is 9.10 Å². The molecule has 3 rings (SSSR count). The Hall–Kier alpha value is -1.56. The lowest BCUT2D eigenvalue weighted by atomic mass is 9.84. The average molecular weight is 350 g/mol. The molecular weight excluding hydrogens is 324 g/mol. The first-order valence-electron chi connectivity index (χ1n) is 8.68. The fraction of sp³-hybridized carbons (Fsp3) is 0.611. The minimum absolute atomic E-state index is 0.0378. The predicted octanol–water partition coefficient (Wildman–Crippen LogP) is 2.88. The number of amides is 1. The number of likely N-dealkylation sites (tertiary alicyclic amines) is 1. The van der Waals surface area contributed by atoms with Gasteiger partial charge in [0.2, 0.25) is 10.0 Å². The van der Waals surface area contributed by atoms with Gasteiger partial charge in [0.05, 0.1) is 11.4 Å². The normalized spacial score (nSPS) is 23.1. The molecule has 0 saturated carbocycles. The molecule has 1 aromatic carbocycles. The lowest BCUT2D eigenvalue weighted by Crippen LogP contribution is -2.43. The summed E-state index contributed by atoms with van der Waals surface area (Å²) in [4.78, 5) is 14.6. The Kier molecular flexibility index (Phi) is 4.60. The molecule has 0 unspecified atom stereocenters. The number of nitrogens with zero attached hydrogens (tertiary/aromatic N) is 2. The van der Waals surface area contributed by atoms with Crippen molar-refractivity contribution in [3.63, 3.8) is 0 Å². The molecule has 0 radical (unpaired) electrons. The van der Waals surface area contributed by atoms with Gasteiger partial charge in [0.15, 0.2) is 0 Å². The fourth-order valence-electron chi connectivity index (χ4n) is 3.63. The highest BCUT2D eigenvalue weighted by atomic mass is 32.2. The van der Waals surface area contributed by atoms with E-state index in [1.54, 1.807) is 24.3 Å². The Bertz CT molecular complexity index is 710. The van der Waals surface area contributed by atoms with Crippen molar-refractivity contribution in [2.75, 3.05) is 29.7 Å². The van der Waals surface area contributed by atoms with Crippen molar-refractivity contribution < 1.29 is 13.2 Å². The maximum Gasteiger partial charge on any atom is 0.253 e. The summed E-state index contributed by atoms with van der Waals surface area (Å²) in [6, 6.07) is 7.02. The van der Waals surface area contributed by atoms with E-state index >= 15 is 0 Å². The van der Waals surface area contributed by atoms with Crippen molar-refractivity contribution in [2.45, 2.75) is 39.5 Å². The Morgan fingerprint density at radius 2 is 1.75 bits per heavy atom. The Morgan fingerprint density at radius 1 is 1.04 bits per heavy atom. The maximum absolute atomic E-state index is 12.7. The van der Waals surface area contributed by atoms with Gasteiger partial charge in [-0.05, 0) is 55.4 Å². The van der Waals surface area contributed by atoms with E-state index in [-0.39, 0.29) is 17.1 Å². The van der Waals surface area contributed by atoms with Crippen molar-refractivity contribution in [3.05, 3.63) is 29.8 Å². The van der Waals surface area contributed by atoms with Gasteiger partial charge in [-0.15, -0.1) is 0 Å². The van der Waals surface area contributed by atoms with E-state index in [2.05, 4.69) is 13.8 Å². The minimum atomic E-state index is -3.21. The predicted molar refractivity (Wildman–Crippen MR) is 95.7 cm³/mol. The Morgan fingerprint density at radius 3 is 2.38 bits per heavy atom. The highest BCUT2D eigenvalue weighted by molar-refractivity contribution is 7.92. The van der Waals surface area contributed by atoms with Crippen LogP contribution < -0.4 is 4.31 Å². The summed E-state index contributed by atoms with van der Waals surface area (Å²) in [5.41, 5.74) is 1.45. The molecule has 1 aromatic rings. The Labute approximate surface area is 144 Å². The smallest absolute Gasteiger partial charge is 0.253 e. The molecule has 6 heteroatoms. The van der Waals surface area contributed by atoms with E-state index in [1.165, 1.54) is 4.31 Å². The second-order valence-corrected chi connectivity index (χ2v) is 9.65. The summed E-state index contributed by atoms with van der Waals surface area (Å²) < 4.78 is 25.8. The summed E-state index contributed by atoms with van der Waals surface area (Å²) in [6.07, 6.45) is 3.77. The van der Waals surface area contributed by atoms with Crippen LogP contribution in [-0.4, -0.2) is 44.6 Å². The van der Waals surface area contributed by atoms with Crippen molar-refractivity contribution in [1.29, 1.82) is 0 Å². The zero-order chi connectivity index (χ0) is 17.4. The first-order chi connectivity index (χ1) is 11.3. The third-order valence-corrected chi connectivity index (χ3v) is 6.81. The van der Waals surface area contributed by atoms with Crippen LogP contribution in [0.5, 0.6) is 0 Å². The van der Waals surface area contributed by atoms with Gasteiger partial charge in [0.1, 0.15) is 0 Å². The number of carbonyl (C=O) groups excluding carboxylic acids is 1. The maximum atomic E-state index is 12.7. The number of rotatable bonds is 2. The van der Waals surface area contributed by atoms with Crippen LogP contribution in [-0.2, 0) is 10.0 Å². The SMILES string of the molecule is CC1(C)CCCN(C(=O)c2ccc(N3CCCCS3(=O)=O)cc2)C1. The van der Waals surface area contributed by atoms with Crippen molar-refractivity contribution in [1.82, 2.24) is 4.90 Å². The molecule has 5 nitrogen and oxygen atoms in total. The summed E-state index contributed by atoms with van der Waals surface area (Å²) >= 11 is 0. The van der Waals surface area contributed by atoms with Crippen LogP contribution in [0.2, 0.25) is 0 Å². The van der Waals surface area contributed by atoms with Gasteiger partial charge in [0, 0.05) is 25.2 Å². The molecule has 0 N–H and O–H groups in total. The summed E-state index contributed by atoms with van der Waals surface area (Å²) in [5.74, 6) is 0.243. The lowest BCUT2D eigenvalue weighted by Gasteiger charge is -2.38. The Balaban J connectivity index is 1.76. The van der Waals surface area contributed by atoms with Gasteiger partial charge in [-0.1, -0.05) is 13.8 Å². The summed E-state index contributed by atoms with van der Waals surface area (Å²) in [7, 11) is -3.21. The first kappa shape index (κ1) is 17.3. The number of anilines is 1. The van der Waals surface area contributed by atoms with Gasteiger partial charge in [-0.2, -0.15) is 0 Å². The van der Waals surface area contributed by atoms with E-state index in [9.17, 15) is 13.2 Å². The van der Waals surface area contributed by atoms with Gasteiger partial charge in [0.25, 0.3) is 5.91 Å². The van der Waals surface area contributed by atoms with E-state index in [4.69, 9.17) is 0 Å². The van der Waals surface area contributed by atoms with E-state index < -0.39 is 10.0 Å². The van der Waals surface area contributed by atoms with Gasteiger partial charge in [-0.25, -0.2) is 8.42 Å². The van der Waals surface area contributed by atoms with Crippen LogP contribution in [0.15, 0.2) is 24.3 Å². The van der Waals surface area contributed by atoms with Gasteiger partial charge >= 0.3 is 0 Å². The number of hydrogen-bond donors (Lipinski definition) is 0. The van der Waals surface area contributed by atoms with E-state index in [0.29, 0.717) is 17.8 Å². The minimum Gasteiger partial charge on any atom is -0.338 e. The topological polar surface area (TPSA) is 57.7 Å². The standard InChI is InChI=1S/C18H26N2O3S/c1-18(2)10-5-11-19(14-18)17(21)15-6-8-16(9-7-15)20-12-3-4-13-24(20,22)23/h6-9H,3-5,10-14H2,1-2H3. The molecule has 2 saturated heterocycles. The van der Waals surface area contributed by atoms with E-state index in [1.807, 2.05) is 4.90 Å². The molecule has 2 heterocycles. The molecule has 0 spiro atoms. The number of piperidine rings is 1. The molecule has 0 atom stereocenters.